The van der Waals surface area contributed by atoms with Gasteiger partial charge in [0.05, 0.1) is 36.0 Å². The van der Waals surface area contributed by atoms with Gasteiger partial charge in [-0.25, -0.2) is 4.98 Å². The summed E-state index contributed by atoms with van der Waals surface area (Å²) in [5.41, 5.74) is -0.659. The third-order valence-electron chi connectivity index (χ3n) is 5.23. The van der Waals surface area contributed by atoms with Crippen LogP contribution in [0.25, 0.3) is 22.3 Å². The van der Waals surface area contributed by atoms with Gasteiger partial charge in [0.15, 0.2) is 0 Å². The van der Waals surface area contributed by atoms with E-state index in [1.165, 1.54) is 17.6 Å². The average Bonchev–Trinajstić information content (AvgIpc) is 3.03. The fraction of sp³-hybridized carbons (Fsp3) is 0.250. The van der Waals surface area contributed by atoms with E-state index in [9.17, 15) is 24.9 Å². The van der Waals surface area contributed by atoms with E-state index in [-0.39, 0.29) is 53.6 Å². The Morgan fingerprint density at radius 1 is 1.32 bits per heavy atom. The molecule has 4 rings (SSSR count). The molecule has 0 bridgehead atoms. The normalized spacial score (nSPS) is 14.1. The van der Waals surface area contributed by atoms with E-state index in [4.69, 9.17) is 0 Å². The molecule has 0 fully saturated rings. The number of nitrogens with zero attached hydrogens (tertiary/aromatic N) is 2. The predicted octanol–water partition coefficient (Wildman–Crippen LogP) is -2.73. The maximum atomic E-state index is 12.9. The number of aromatic nitrogens is 2. The number of hydrogen-bond acceptors (Lipinski definition) is 6. The molecule has 7 nitrogen and oxygen atoms in total. The van der Waals surface area contributed by atoms with Gasteiger partial charge in [-0.05, 0) is 24.6 Å². The monoisotopic (exact) mass is 388 g/mol. The minimum atomic E-state index is -2.37. The first-order chi connectivity index (χ1) is 12.9. The number of benzene rings is 1. The van der Waals surface area contributed by atoms with Crippen LogP contribution < -0.4 is 40.2 Å². The Morgan fingerprint density at radius 2 is 2.04 bits per heavy atom. The fourth-order valence-corrected chi connectivity index (χ4v) is 3.68. The van der Waals surface area contributed by atoms with Crippen molar-refractivity contribution in [1.82, 2.24) is 9.55 Å². The zero-order valence-electron chi connectivity index (χ0n) is 15.6. The van der Waals surface area contributed by atoms with Gasteiger partial charge in [0.25, 0.3) is 5.56 Å². The molecule has 0 aliphatic carbocycles. The predicted molar refractivity (Wildman–Crippen MR) is 95.7 cm³/mol. The number of carboxylic acid groups (broad SMARTS) is 1. The van der Waals surface area contributed by atoms with E-state index >= 15 is 0 Å². The second kappa shape index (κ2) is 7.42. The summed E-state index contributed by atoms with van der Waals surface area (Å²) < 4.78 is 1.44. The second-order valence-electron chi connectivity index (χ2n) is 6.66. The molecular formula is C20H17N2NaO5. The molecule has 2 aromatic heterocycles. The summed E-state index contributed by atoms with van der Waals surface area (Å²) in [7, 11) is 0. The number of pyridine rings is 2. The van der Waals surface area contributed by atoms with Gasteiger partial charge in [0.1, 0.15) is 5.60 Å². The Hall–Kier alpha value is -2.03. The summed E-state index contributed by atoms with van der Waals surface area (Å²) in [4.78, 5) is 29.1. The van der Waals surface area contributed by atoms with Crippen LogP contribution in [0.1, 0.15) is 30.0 Å². The van der Waals surface area contributed by atoms with Crippen molar-refractivity contribution in [3.8, 4) is 11.4 Å². The molecule has 0 spiro atoms. The molecule has 1 aliphatic rings. The van der Waals surface area contributed by atoms with Crippen LogP contribution in [0.2, 0.25) is 0 Å². The minimum Gasteiger partial charge on any atom is -0.547 e. The molecule has 2 N–H and O–H groups in total. The van der Waals surface area contributed by atoms with E-state index < -0.39 is 23.7 Å². The number of fused-ring (bicyclic) bond motifs is 4. The number of carbonyl (C=O) groups is 1. The van der Waals surface area contributed by atoms with E-state index in [0.717, 1.165) is 16.5 Å². The van der Waals surface area contributed by atoms with Gasteiger partial charge >= 0.3 is 29.6 Å². The molecule has 3 aromatic rings. The molecule has 0 saturated heterocycles. The average molecular weight is 388 g/mol. The van der Waals surface area contributed by atoms with Crippen molar-refractivity contribution in [3.63, 3.8) is 0 Å². The first-order valence-electron chi connectivity index (χ1n) is 8.61. The van der Waals surface area contributed by atoms with Crippen LogP contribution in [0, 0.1) is 0 Å². The summed E-state index contributed by atoms with van der Waals surface area (Å²) in [5, 5.41) is 32.8. The SMILES string of the molecule is CC[C@@](O)(C(=O)[O-])c1cc2n(c(=O)c1CO)Cc1cc3ccccc3nc1-2.[Na+]. The topological polar surface area (TPSA) is 115 Å². The van der Waals surface area contributed by atoms with Crippen molar-refractivity contribution in [2.45, 2.75) is 32.1 Å². The van der Waals surface area contributed by atoms with Gasteiger partial charge in [0.2, 0.25) is 0 Å². The van der Waals surface area contributed by atoms with Crippen LogP contribution in [0.15, 0.2) is 41.2 Å². The van der Waals surface area contributed by atoms with Gasteiger partial charge in [-0.2, -0.15) is 0 Å². The molecule has 0 radical (unpaired) electrons. The number of aliphatic carboxylic acids is 1. The van der Waals surface area contributed by atoms with Gasteiger partial charge in [-0.3, -0.25) is 4.79 Å². The van der Waals surface area contributed by atoms with Gasteiger partial charge in [-0.1, -0.05) is 25.1 Å². The van der Waals surface area contributed by atoms with Crippen LogP contribution in [-0.2, 0) is 23.5 Å². The molecule has 3 heterocycles. The number of carbonyl (C=O) groups excluding carboxylic acids is 1. The van der Waals surface area contributed by atoms with Crippen LogP contribution in [-0.4, -0.2) is 25.7 Å². The molecule has 28 heavy (non-hydrogen) atoms. The van der Waals surface area contributed by atoms with Crippen molar-refractivity contribution in [3.05, 3.63) is 63.4 Å². The minimum absolute atomic E-state index is 0. The van der Waals surface area contributed by atoms with Gasteiger partial charge in [0, 0.05) is 22.1 Å². The van der Waals surface area contributed by atoms with Gasteiger partial charge in [-0.15, -0.1) is 0 Å². The van der Waals surface area contributed by atoms with Crippen molar-refractivity contribution in [2.75, 3.05) is 0 Å². The number of aliphatic hydroxyl groups is 2. The van der Waals surface area contributed by atoms with Crippen LogP contribution in [0.5, 0.6) is 0 Å². The van der Waals surface area contributed by atoms with E-state index in [1.807, 2.05) is 30.3 Å². The molecule has 1 aliphatic heterocycles. The van der Waals surface area contributed by atoms with E-state index in [2.05, 4.69) is 4.98 Å². The zero-order chi connectivity index (χ0) is 19.3. The standard InChI is InChI=1S/C20H18N2O5.Na/c1-2-20(27,19(25)26)14-8-16-17-12(9-22(16)18(24)13(14)10-23)7-11-5-3-4-6-15(11)21-17;/h3-8,23,27H,2,9-10H2,1H3,(H,25,26);/q;+1/p-1/t20-;/m0./s1. The Kier molecular flexibility index (Phi) is 5.49. The quantitative estimate of drug-likeness (QED) is 0.367. The second-order valence-corrected chi connectivity index (χ2v) is 6.66. The van der Waals surface area contributed by atoms with Crippen molar-refractivity contribution in [2.24, 2.45) is 0 Å². The smallest absolute Gasteiger partial charge is 0.547 e. The maximum Gasteiger partial charge on any atom is 1.00 e. The molecule has 0 unspecified atom stereocenters. The summed E-state index contributed by atoms with van der Waals surface area (Å²) >= 11 is 0. The Labute approximate surface area is 182 Å². The van der Waals surface area contributed by atoms with Crippen molar-refractivity contribution in [1.29, 1.82) is 0 Å². The van der Waals surface area contributed by atoms with Crippen molar-refractivity contribution >= 4 is 16.9 Å². The van der Waals surface area contributed by atoms with Crippen LogP contribution in [0.3, 0.4) is 0 Å². The molecular weight excluding hydrogens is 371 g/mol. The molecule has 8 heteroatoms. The summed E-state index contributed by atoms with van der Waals surface area (Å²) in [6, 6.07) is 10.9. The maximum absolute atomic E-state index is 12.9. The number of carboxylic acids is 1. The van der Waals surface area contributed by atoms with Gasteiger partial charge < -0.3 is 24.7 Å². The number of para-hydroxylation sites is 1. The molecule has 138 valence electrons. The zero-order valence-corrected chi connectivity index (χ0v) is 17.6. The summed E-state index contributed by atoms with van der Waals surface area (Å²) in [6.07, 6.45) is -0.205. The summed E-state index contributed by atoms with van der Waals surface area (Å²) in [6.45, 7) is 1.06. The fourth-order valence-electron chi connectivity index (χ4n) is 3.68. The summed E-state index contributed by atoms with van der Waals surface area (Å²) in [5.74, 6) is -1.71. The number of aliphatic hydroxyl groups excluding tert-OH is 1. The van der Waals surface area contributed by atoms with Crippen LogP contribution in [0.4, 0.5) is 0 Å². The molecule has 0 saturated carbocycles. The van der Waals surface area contributed by atoms with Crippen molar-refractivity contribution < 1.29 is 49.7 Å². The number of rotatable bonds is 4. The Bertz CT molecular complexity index is 1160. The third-order valence-corrected chi connectivity index (χ3v) is 5.23. The molecule has 0 amide bonds. The molecule has 1 aromatic carbocycles. The van der Waals surface area contributed by atoms with Crippen LogP contribution >= 0.6 is 0 Å². The molecule has 1 atom stereocenters. The largest absolute Gasteiger partial charge is 1.00 e. The third kappa shape index (κ3) is 2.91. The Morgan fingerprint density at radius 3 is 2.68 bits per heavy atom. The van der Waals surface area contributed by atoms with E-state index in [0.29, 0.717) is 11.4 Å². The number of hydrogen-bond donors (Lipinski definition) is 2. The van der Waals surface area contributed by atoms with E-state index in [1.54, 1.807) is 0 Å². The first kappa shape index (κ1) is 20.7. The first-order valence-corrected chi connectivity index (χ1v) is 8.61. The Balaban J connectivity index is 0.00000225.